The molecule has 1 rings (SSSR count). The first-order chi connectivity index (χ1) is 7.72. The van der Waals surface area contributed by atoms with E-state index in [1.54, 1.807) is 0 Å². The highest BCUT2D eigenvalue weighted by molar-refractivity contribution is 6.27. The van der Waals surface area contributed by atoms with Gasteiger partial charge in [-0.2, -0.15) is 0 Å². The Labute approximate surface area is 99.4 Å². The standard InChI is InChI=1S/C12H13ClO3/c13-8-11(14)6-7-12(15)16-9-10-4-2-1-3-5-10/h1-5H,6-9H2. The molecule has 4 heteroatoms. The highest BCUT2D eigenvalue weighted by Crippen LogP contribution is 2.03. The zero-order valence-electron chi connectivity index (χ0n) is 8.82. The van der Waals surface area contributed by atoms with Gasteiger partial charge in [0, 0.05) is 6.42 Å². The van der Waals surface area contributed by atoms with Gasteiger partial charge in [0.25, 0.3) is 0 Å². The summed E-state index contributed by atoms with van der Waals surface area (Å²) in [5, 5.41) is 0. The molecular weight excluding hydrogens is 228 g/mol. The summed E-state index contributed by atoms with van der Waals surface area (Å²) in [6, 6.07) is 9.39. The Kier molecular flexibility index (Phi) is 5.57. The van der Waals surface area contributed by atoms with Gasteiger partial charge in [0.05, 0.1) is 12.3 Å². The van der Waals surface area contributed by atoms with Crippen molar-refractivity contribution in [3.63, 3.8) is 0 Å². The summed E-state index contributed by atoms with van der Waals surface area (Å²) in [4.78, 5) is 22.1. The third-order valence-electron chi connectivity index (χ3n) is 2.00. The number of carbonyl (C=O) groups is 2. The molecule has 0 heterocycles. The van der Waals surface area contributed by atoms with Crippen molar-refractivity contribution in [2.24, 2.45) is 0 Å². The number of hydrogen-bond acceptors (Lipinski definition) is 3. The normalized spacial score (nSPS) is 9.81. The van der Waals surface area contributed by atoms with Gasteiger partial charge in [-0.3, -0.25) is 9.59 Å². The van der Waals surface area contributed by atoms with Crippen LogP contribution in [-0.4, -0.2) is 17.6 Å². The molecule has 0 atom stereocenters. The van der Waals surface area contributed by atoms with Gasteiger partial charge in [0.15, 0.2) is 0 Å². The Morgan fingerprint density at radius 3 is 2.44 bits per heavy atom. The van der Waals surface area contributed by atoms with Crippen molar-refractivity contribution in [2.75, 3.05) is 5.88 Å². The van der Waals surface area contributed by atoms with Crippen LogP contribution in [0.15, 0.2) is 30.3 Å². The average Bonchev–Trinajstić information content (AvgIpc) is 2.34. The first-order valence-corrected chi connectivity index (χ1v) is 5.53. The predicted octanol–water partition coefficient (Wildman–Crippen LogP) is 2.32. The third kappa shape index (κ3) is 4.94. The van der Waals surface area contributed by atoms with Crippen molar-refractivity contribution in [2.45, 2.75) is 19.4 Å². The van der Waals surface area contributed by atoms with E-state index in [9.17, 15) is 9.59 Å². The van der Waals surface area contributed by atoms with Gasteiger partial charge in [-0.1, -0.05) is 30.3 Å². The zero-order chi connectivity index (χ0) is 11.8. The number of hydrogen-bond donors (Lipinski definition) is 0. The molecule has 3 nitrogen and oxygen atoms in total. The monoisotopic (exact) mass is 240 g/mol. The lowest BCUT2D eigenvalue weighted by Gasteiger charge is -2.03. The molecule has 0 fully saturated rings. The number of esters is 1. The summed E-state index contributed by atoms with van der Waals surface area (Å²) >= 11 is 5.31. The molecule has 0 spiro atoms. The van der Waals surface area contributed by atoms with E-state index in [-0.39, 0.29) is 37.1 Å². The molecule has 1 aromatic rings. The molecule has 0 amide bonds. The van der Waals surface area contributed by atoms with E-state index >= 15 is 0 Å². The lowest BCUT2D eigenvalue weighted by molar-refractivity contribution is -0.145. The van der Waals surface area contributed by atoms with Gasteiger partial charge in [-0.15, -0.1) is 11.6 Å². The van der Waals surface area contributed by atoms with Crippen LogP contribution in [0, 0.1) is 0 Å². The van der Waals surface area contributed by atoms with Gasteiger partial charge < -0.3 is 4.74 Å². The number of alkyl halides is 1. The molecule has 86 valence electrons. The maximum Gasteiger partial charge on any atom is 0.306 e. The number of ketones is 1. The Bertz CT molecular complexity index is 349. The van der Waals surface area contributed by atoms with Crippen molar-refractivity contribution < 1.29 is 14.3 Å². The quantitative estimate of drug-likeness (QED) is 0.566. The third-order valence-corrected chi connectivity index (χ3v) is 2.30. The molecule has 0 unspecified atom stereocenters. The van der Waals surface area contributed by atoms with Crippen molar-refractivity contribution in [3.05, 3.63) is 35.9 Å². The fraction of sp³-hybridized carbons (Fsp3) is 0.333. The fourth-order valence-electron chi connectivity index (χ4n) is 1.12. The molecule has 0 aromatic heterocycles. The van der Waals surface area contributed by atoms with Crippen LogP contribution in [0.4, 0.5) is 0 Å². The van der Waals surface area contributed by atoms with Crippen LogP contribution in [0.25, 0.3) is 0 Å². The maximum atomic E-state index is 11.2. The fourth-order valence-corrected chi connectivity index (χ4v) is 1.25. The summed E-state index contributed by atoms with van der Waals surface area (Å²) in [5.74, 6) is -0.563. The summed E-state index contributed by atoms with van der Waals surface area (Å²) < 4.78 is 4.99. The van der Waals surface area contributed by atoms with E-state index in [0.29, 0.717) is 0 Å². The van der Waals surface area contributed by atoms with E-state index < -0.39 is 0 Å². The number of ether oxygens (including phenoxy) is 1. The van der Waals surface area contributed by atoms with Crippen molar-refractivity contribution in [1.29, 1.82) is 0 Å². The number of Topliss-reactive ketones (excluding diaryl/α,β-unsaturated/α-hetero) is 1. The second-order valence-corrected chi connectivity index (χ2v) is 3.59. The molecular formula is C12H13ClO3. The highest BCUT2D eigenvalue weighted by atomic mass is 35.5. The number of rotatable bonds is 6. The largest absolute Gasteiger partial charge is 0.461 e. The Morgan fingerprint density at radius 1 is 1.12 bits per heavy atom. The lowest BCUT2D eigenvalue weighted by atomic mass is 10.2. The lowest BCUT2D eigenvalue weighted by Crippen LogP contribution is -2.08. The molecule has 1 aromatic carbocycles. The minimum Gasteiger partial charge on any atom is -0.461 e. The molecule has 0 aliphatic carbocycles. The predicted molar refractivity (Wildman–Crippen MR) is 61.2 cm³/mol. The van der Waals surface area contributed by atoms with Crippen LogP contribution in [0.2, 0.25) is 0 Å². The Balaban J connectivity index is 2.23. The minimum atomic E-state index is -0.373. The molecule has 0 radical (unpaired) electrons. The first-order valence-electron chi connectivity index (χ1n) is 4.99. The molecule has 0 saturated carbocycles. The zero-order valence-corrected chi connectivity index (χ0v) is 9.57. The Morgan fingerprint density at radius 2 is 1.81 bits per heavy atom. The van der Waals surface area contributed by atoms with E-state index in [1.165, 1.54) is 0 Å². The molecule has 0 bridgehead atoms. The van der Waals surface area contributed by atoms with Crippen molar-refractivity contribution in [3.8, 4) is 0 Å². The highest BCUT2D eigenvalue weighted by Gasteiger charge is 2.07. The molecule has 0 N–H and O–H groups in total. The second kappa shape index (κ2) is 7.01. The smallest absolute Gasteiger partial charge is 0.306 e. The second-order valence-electron chi connectivity index (χ2n) is 3.32. The van der Waals surface area contributed by atoms with Gasteiger partial charge in [-0.05, 0) is 5.56 Å². The van der Waals surface area contributed by atoms with E-state index in [0.717, 1.165) is 5.56 Å². The van der Waals surface area contributed by atoms with Crippen LogP contribution in [0.3, 0.4) is 0 Å². The summed E-state index contributed by atoms with van der Waals surface area (Å²) in [5.41, 5.74) is 0.930. The molecule has 0 aliphatic heterocycles. The van der Waals surface area contributed by atoms with E-state index in [4.69, 9.17) is 16.3 Å². The van der Waals surface area contributed by atoms with Crippen LogP contribution in [0.5, 0.6) is 0 Å². The average molecular weight is 241 g/mol. The van der Waals surface area contributed by atoms with Crippen LogP contribution in [-0.2, 0) is 20.9 Å². The van der Waals surface area contributed by atoms with Crippen LogP contribution < -0.4 is 0 Å². The van der Waals surface area contributed by atoms with Crippen LogP contribution >= 0.6 is 11.6 Å². The van der Waals surface area contributed by atoms with Crippen molar-refractivity contribution in [1.82, 2.24) is 0 Å². The van der Waals surface area contributed by atoms with Gasteiger partial charge in [0.2, 0.25) is 0 Å². The summed E-state index contributed by atoms with van der Waals surface area (Å²) in [7, 11) is 0. The van der Waals surface area contributed by atoms with Crippen molar-refractivity contribution >= 4 is 23.4 Å². The van der Waals surface area contributed by atoms with Crippen LogP contribution in [0.1, 0.15) is 18.4 Å². The number of benzene rings is 1. The van der Waals surface area contributed by atoms with Gasteiger partial charge in [0.1, 0.15) is 12.4 Å². The Hall–Kier alpha value is -1.35. The number of halogens is 1. The number of carbonyl (C=O) groups excluding carboxylic acids is 2. The minimum absolute atomic E-state index is 0.0496. The van der Waals surface area contributed by atoms with E-state index in [2.05, 4.69) is 0 Å². The summed E-state index contributed by atoms with van der Waals surface area (Å²) in [6.07, 6.45) is 0.246. The van der Waals surface area contributed by atoms with Gasteiger partial charge >= 0.3 is 5.97 Å². The molecule has 0 saturated heterocycles. The SMILES string of the molecule is O=C(CCl)CCC(=O)OCc1ccccc1. The maximum absolute atomic E-state index is 11.2. The topological polar surface area (TPSA) is 43.4 Å². The van der Waals surface area contributed by atoms with E-state index in [1.807, 2.05) is 30.3 Å². The molecule has 16 heavy (non-hydrogen) atoms. The van der Waals surface area contributed by atoms with Gasteiger partial charge in [-0.25, -0.2) is 0 Å². The summed E-state index contributed by atoms with van der Waals surface area (Å²) in [6.45, 7) is 0.245. The molecule has 0 aliphatic rings. The first kappa shape index (κ1) is 12.7.